The molecular formula is C16H24N2S. The van der Waals surface area contributed by atoms with Crippen molar-refractivity contribution in [3.63, 3.8) is 0 Å². The molecular weight excluding hydrogens is 252 g/mol. The molecule has 0 aromatic heterocycles. The molecule has 2 aliphatic rings. The summed E-state index contributed by atoms with van der Waals surface area (Å²) in [6.07, 6.45) is 8.94. The molecule has 3 atom stereocenters. The minimum Gasteiger partial charge on any atom is -0.382 e. The van der Waals surface area contributed by atoms with E-state index < -0.39 is 0 Å². The van der Waals surface area contributed by atoms with Crippen LogP contribution < -0.4 is 10.6 Å². The maximum absolute atomic E-state index is 3.77. The van der Waals surface area contributed by atoms with Gasteiger partial charge in [-0.1, -0.05) is 6.42 Å². The van der Waals surface area contributed by atoms with Gasteiger partial charge in [0, 0.05) is 22.7 Å². The van der Waals surface area contributed by atoms with Crippen LogP contribution in [0.1, 0.15) is 32.1 Å². The number of rotatable bonds is 4. The van der Waals surface area contributed by atoms with Gasteiger partial charge in [0.05, 0.1) is 0 Å². The lowest BCUT2D eigenvalue weighted by molar-refractivity contribution is 0.376. The molecule has 1 aromatic rings. The third-order valence-corrected chi connectivity index (χ3v) is 5.37. The van der Waals surface area contributed by atoms with E-state index in [0.717, 1.165) is 12.0 Å². The molecule has 0 amide bonds. The highest BCUT2D eigenvalue weighted by Gasteiger charge is 2.34. The molecule has 0 bridgehead atoms. The van der Waals surface area contributed by atoms with Crippen molar-refractivity contribution >= 4 is 17.4 Å². The first-order chi connectivity index (χ1) is 9.36. The first-order valence-electron chi connectivity index (χ1n) is 7.51. The highest BCUT2D eigenvalue weighted by molar-refractivity contribution is 7.98. The topological polar surface area (TPSA) is 24.1 Å². The Hall–Kier alpha value is -0.670. The van der Waals surface area contributed by atoms with Crippen LogP contribution in [-0.2, 0) is 0 Å². The zero-order chi connectivity index (χ0) is 13.1. The minimum absolute atomic E-state index is 0.663. The van der Waals surface area contributed by atoms with Crippen LogP contribution in [0.3, 0.4) is 0 Å². The average Bonchev–Trinajstić information content (AvgIpc) is 3.10. The zero-order valence-corrected chi connectivity index (χ0v) is 12.5. The summed E-state index contributed by atoms with van der Waals surface area (Å²) < 4.78 is 0. The number of thioether (sulfide) groups is 1. The van der Waals surface area contributed by atoms with Crippen molar-refractivity contribution < 1.29 is 0 Å². The number of hydrogen-bond acceptors (Lipinski definition) is 3. The second-order valence-electron chi connectivity index (χ2n) is 5.78. The minimum atomic E-state index is 0.663. The monoisotopic (exact) mass is 276 g/mol. The van der Waals surface area contributed by atoms with Gasteiger partial charge in [0.1, 0.15) is 0 Å². The molecule has 0 radical (unpaired) electrons. The summed E-state index contributed by atoms with van der Waals surface area (Å²) in [7, 11) is 0. The predicted molar refractivity (Wildman–Crippen MR) is 84.0 cm³/mol. The second kappa shape index (κ2) is 6.19. The van der Waals surface area contributed by atoms with Gasteiger partial charge in [-0.2, -0.15) is 0 Å². The summed E-state index contributed by atoms with van der Waals surface area (Å²) in [6, 6.07) is 10.3. The first kappa shape index (κ1) is 13.3. The van der Waals surface area contributed by atoms with Crippen molar-refractivity contribution in [1.82, 2.24) is 5.32 Å². The molecule has 2 nitrogen and oxygen atoms in total. The van der Waals surface area contributed by atoms with E-state index in [1.807, 2.05) is 0 Å². The Bertz CT molecular complexity index is 398. The summed E-state index contributed by atoms with van der Waals surface area (Å²) in [5, 5.41) is 7.46. The van der Waals surface area contributed by atoms with E-state index in [9.17, 15) is 0 Å². The fraction of sp³-hybridized carbons (Fsp3) is 0.625. The van der Waals surface area contributed by atoms with E-state index in [1.54, 1.807) is 11.8 Å². The van der Waals surface area contributed by atoms with Gasteiger partial charge in [-0.05, 0) is 68.7 Å². The van der Waals surface area contributed by atoms with E-state index >= 15 is 0 Å². The Morgan fingerprint density at radius 2 is 1.95 bits per heavy atom. The molecule has 1 saturated heterocycles. The molecule has 3 heteroatoms. The van der Waals surface area contributed by atoms with Crippen molar-refractivity contribution in [1.29, 1.82) is 0 Å². The van der Waals surface area contributed by atoms with Crippen LogP contribution in [0.15, 0.2) is 29.2 Å². The Morgan fingerprint density at radius 3 is 2.63 bits per heavy atom. The Morgan fingerprint density at radius 1 is 1.11 bits per heavy atom. The van der Waals surface area contributed by atoms with Gasteiger partial charge in [0.15, 0.2) is 0 Å². The number of benzene rings is 1. The van der Waals surface area contributed by atoms with Crippen LogP contribution in [0.5, 0.6) is 0 Å². The van der Waals surface area contributed by atoms with Crippen LogP contribution in [0.25, 0.3) is 0 Å². The summed E-state index contributed by atoms with van der Waals surface area (Å²) in [5.74, 6) is 0.822. The molecule has 1 heterocycles. The molecule has 0 spiro atoms. The van der Waals surface area contributed by atoms with E-state index in [0.29, 0.717) is 6.04 Å². The smallest absolute Gasteiger partial charge is 0.0343 e. The maximum atomic E-state index is 3.77. The van der Waals surface area contributed by atoms with E-state index in [1.165, 1.54) is 49.2 Å². The molecule has 1 aliphatic heterocycles. The van der Waals surface area contributed by atoms with Crippen molar-refractivity contribution in [3.05, 3.63) is 24.3 Å². The largest absolute Gasteiger partial charge is 0.382 e. The van der Waals surface area contributed by atoms with Gasteiger partial charge < -0.3 is 10.6 Å². The van der Waals surface area contributed by atoms with Crippen molar-refractivity contribution in [2.75, 3.05) is 18.1 Å². The third kappa shape index (κ3) is 3.09. The standard InChI is InChI=1S/C16H24N2S/c1-19-13-9-7-12(8-10-13)18-16-5-2-4-14(16)15-6-3-11-17-15/h7-10,14-18H,2-6,11H2,1H3. The molecule has 19 heavy (non-hydrogen) atoms. The van der Waals surface area contributed by atoms with Crippen molar-refractivity contribution in [2.45, 2.75) is 49.1 Å². The van der Waals surface area contributed by atoms with Crippen LogP contribution in [0.4, 0.5) is 5.69 Å². The Labute approximate surface area is 120 Å². The second-order valence-corrected chi connectivity index (χ2v) is 6.66. The lowest BCUT2D eigenvalue weighted by atomic mass is 9.93. The molecule has 104 valence electrons. The summed E-state index contributed by atoms with van der Waals surface area (Å²) in [4.78, 5) is 1.34. The quantitative estimate of drug-likeness (QED) is 0.819. The SMILES string of the molecule is CSc1ccc(NC2CCCC2C2CCCN2)cc1. The first-order valence-corrected chi connectivity index (χ1v) is 8.73. The molecule has 2 fully saturated rings. The highest BCUT2D eigenvalue weighted by Crippen LogP contribution is 2.34. The zero-order valence-electron chi connectivity index (χ0n) is 11.7. The summed E-state index contributed by atoms with van der Waals surface area (Å²) >= 11 is 1.80. The van der Waals surface area contributed by atoms with Gasteiger partial charge in [0.25, 0.3) is 0 Å². The van der Waals surface area contributed by atoms with Crippen LogP contribution in [-0.4, -0.2) is 24.9 Å². The maximum Gasteiger partial charge on any atom is 0.0343 e. The van der Waals surface area contributed by atoms with Crippen molar-refractivity contribution in [3.8, 4) is 0 Å². The van der Waals surface area contributed by atoms with Crippen LogP contribution in [0, 0.1) is 5.92 Å². The van der Waals surface area contributed by atoms with Crippen molar-refractivity contribution in [2.24, 2.45) is 5.92 Å². The van der Waals surface area contributed by atoms with Crippen LogP contribution >= 0.6 is 11.8 Å². The number of nitrogens with one attached hydrogen (secondary N) is 2. The molecule has 1 aromatic carbocycles. The van der Waals surface area contributed by atoms with Gasteiger partial charge in [-0.25, -0.2) is 0 Å². The van der Waals surface area contributed by atoms with Gasteiger partial charge in [0.2, 0.25) is 0 Å². The fourth-order valence-electron chi connectivity index (χ4n) is 3.63. The molecule has 1 saturated carbocycles. The molecule has 3 rings (SSSR count). The average molecular weight is 276 g/mol. The fourth-order valence-corrected chi connectivity index (χ4v) is 4.04. The molecule has 1 aliphatic carbocycles. The number of hydrogen-bond donors (Lipinski definition) is 2. The molecule has 3 unspecified atom stereocenters. The molecule has 2 N–H and O–H groups in total. The lowest BCUT2D eigenvalue weighted by Gasteiger charge is -2.27. The van der Waals surface area contributed by atoms with E-state index in [2.05, 4.69) is 41.2 Å². The highest BCUT2D eigenvalue weighted by atomic mass is 32.2. The summed E-state index contributed by atoms with van der Waals surface area (Å²) in [5.41, 5.74) is 1.28. The lowest BCUT2D eigenvalue weighted by Crippen LogP contribution is -2.38. The van der Waals surface area contributed by atoms with Gasteiger partial charge >= 0.3 is 0 Å². The van der Waals surface area contributed by atoms with Gasteiger partial charge in [-0.15, -0.1) is 11.8 Å². The normalized spacial score (nSPS) is 30.7. The van der Waals surface area contributed by atoms with Crippen LogP contribution in [0.2, 0.25) is 0 Å². The summed E-state index contributed by atoms with van der Waals surface area (Å²) in [6.45, 7) is 1.22. The Balaban J connectivity index is 1.63. The Kier molecular flexibility index (Phi) is 4.34. The third-order valence-electron chi connectivity index (χ3n) is 4.63. The van der Waals surface area contributed by atoms with Gasteiger partial charge in [-0.3, -0.25) is 0 Å². The van der Waals surface area contributed by atoms with E-state index in [-0.39, 0.29) is 0 Å². The predicted octanol–water partition coefficient (Wildman–Crippen LogP) is 3.74. The number of anilines is 1. The van der Waals surface area contributed by atoms with E-state index in [4.69, 9.17) is 0 Å².